The molecule has 0 bridgehead atoms. The molecule has 4 rings (SSSR count). The summed E-state index contributed by atoms with van der Waals surface area (Å²) in [7, 11) is 0. The number of carbonyl (C=O) groups excluding carboxylic acids is 2. The normalized spacial score (nSPS) is 10.7. The molecule has 0 amide bonds. The average Bonchev–Trinajstić information content (AvgIpc) is 3.50. The van der Waals surface area contributed by atoms with E-state index in [4.69, 9.17) is 9.47 Å². The lowest BCUT2D eigenvalue weighted by Crippen LogP contribution is -2.04. The van der Waals surface area contributed by atoms with Gasteiger partial charge in [0, 0.05) is 15.3 Å². The summed E-state index contributed by atoms with van der Waals surface area (Å²) in [6, 6.07) is 16.4. The van der Waals surface area contributed by atoms with Gasteiger partial charge in [-0.05, 0) is 60.5 Å². The van der Waals surface area contributed by atoms with E-state index in [0.29, 0.717) is 30.2 Å². The monoisotopic (exact) mass is 448 g/mol. The Hall–Kier alpha value is -3.85. The maximum absolute atomic E-state index is 12.2. The Balaban J connectivity index is 1.80. The van der Waals surface area contributed by atoms with Crippen molar-refractivity contribution in [3.05, 3.63) is 65.7 Å². The summed E-state index contributed by atoms with van der Waals surface area (Å²) in [5.74, 6) is -0.313. The summed E-state index contributed by atoms with van der Waals surface area (Å²) in [6.45, 7) is 4.16. The second-order valence-corrected chi connectivity index (χ2v) is 7.74. The highest BCUT2D eigenvalue weighted by Crippen LogP contribution is 2.42. The zero-order chi connectivity index (χ0) is 22.5. The van der Waals surface area contributed by atoms with Gasteiger partial charge in [0.15, 0.2) is 0 Å². The van der Waals surface area contributed by atoms with Gasteiger partial charge in [-0.1, -0.05) is 24.3 Å². The van der Waals surface area contributed by atoms with Crippen LogP contribution in [-0.2, 0) is 9.47 Å². The Morgan fingerprint density at radius 2 is 1.53 bits per heavy atom. The molecule has 0 aliphatic rings. The molecule has 9 heteroatoms. The Kier molecular flexibility index (Phi) is 6.37. The summed E-state index contributed by atoms with van der Waals surface area (Å²) >= 11 is 1.51. The number of nitrogens with zero attached hydrogens (tertiary/aromatic N) is 3. The highest BCUT2D eigenvalue weighted by Gasteiger charge is 2.19. The Labute approximate surface area is 188 Å². The van der Waals surface area contributed by atoms with E-state index in [-0.39, 0.29) is 11.9 Å². The molecular formula is C23H20N4O4S. The first-order valence-electron chi connectivity index (χ1n) is 10.0. The van der Waals surface area contributed by atoms with Crippen LogP contribution in [0.4, 0.5) is 0 Å². The van der Waals surface area contributed by atoms with Crippen molar-refractivity contribution < 1.29 is 19.1 Å². The molecule has 2 aromatic carbocycles. The van der Waals surface area contributed by atoms with Gasteiger partial charge in [-0.3, -0.25) is 0 Å². The molecule has 8 nitrogen and oxygen atoms in total. The van der Waals surface area contributed by atoms with Gasteiger partial charge in [0.05, 0.1) is 24.3 Å². The molecule has 0 aliphatic heterocycles. The number of ether oxygens (including phenoxy) is 2. The Morgan fingerprint density at radius 1 is 0.906 bits per heavy atom. The number of esters is 2. The van der Waals surface area contributed by atoms with Gasteiger partial charge >= 0.3 is 11.9 Å². The van der Waals surface area contributed by atoms with Crippen molar-refractivity contribution in [2.45, 2.75) is 13.8 Å². The summed E-state index contributed by atoms with van der Waals surface area (Å²) in [4.78, 5) is 26.2. The van der Waals surface area contributed by atoms with Crippen LogP contribution in [0.2, 0.25) is 0 Å². The van der Waals surface area contributed by atoms with Gasteiger partial charge in [0.1, 0.15) is 0 Å². The van der Waals surface area contributed by atoms with Crippen molar-refractivity contribution in [3.63, 3.8) is 0 Å². The molecule has 4 aromatic rings. The van der Waals surface area contributed by atoms with Gasteiger partial charge in [-0.15, -0.1) is 21.5 Å². The molecule has 0 saturated carbocycles. The van der Waals surface area contributed by atoms with Crippen LogP contribution >= 0.6 is 11.3 Å². The van der Waals surface area contributed by atoms with Crippen molar-refractivity contribution in [3.8, 4) is 32.3 Å². The molecular weight excluding hydrogens is 428 g/mol. The van der Waals surface area contributed by atoms with Crippen LogP contribution in [0.1, 0.15) is 34.6 Å². The molecule has 162 valence electrons. The van der Waals surface area contributed by atoms with E-state index in [1.165, 1.54) is 11.3 Å². The molecule has 2 heterocycles. The lowest BCUT2D eigenvalue weighted by atomic mass is 10.0. The lowest BCUT2D eigenvalue weighted by Gasteiger charge is -2.05. The fraction of sp³-hybridized carbons (Fsp3) is 0.174. The van der Waals surface area contributed by atoms with E-state index in [9.17, 15) is 9.59 Å². The number of aromatic nitrogens is 4. The molecule has 0 spiro atoms. The molecule has 1 N–H and O–H groups in total. The predicted molar refractivity (Wildman–Crippen MR) is 120 cm³/mol. The van der Waals surface area contributed by atoms with Crippen LogP contribution in [0.5, 0.6) is 0 Å². The average molecular weight is 449 g/mol. The predicted octanol–water partition coefficient (Wildman–Crippen LogP) is 4.62. The second kappa shape index (κ2) is 9.52. The Bertz CT molecular complexity index is 1250. The van der Waals surface area contributed by atoms with Crippen molar-refractivity contribution in [1.82, 2.24) is 20.6 Å². The molecule has 2 aromatic heterocycles. The molecule has 0 unspecified atom stereocenters. The van der Waals surface area contributed by atoms with E-state index >= 15 is 0 Å². The Morgan fingerprint density at radius 3 is 2.12 bits per heavy atom. The summed E-state index contributed by atoms with van der Waals surface area (Å²) in [6.07, 6.45) is 0. The summed E-state index contributed by atoms with van der Waals surface area (Å²) in [5.41, 5.74) is 3.39. The van der Waals surface area contributed by atoms with Gasteiger partial charge in [0.25, 0.3) is 0 Å². The third-order valence-corrected chi connectivity index (χ3v) is 5.85. The second-order valence-electron chi connectivity index (χ2n) is 6.69. The van der Waals surface area contributed by atoms with Crippen molar-refractivity contribution in [1.29, 1.82) is 0 Å². The minimum atomic E-state index is -0.380. The van der Waals surface area contributed by atoms with E-state index in [2.05, 4.69) is 20.6 Å². The van der Waals surface area contributed by atoms with Crippen molar-refractivity contribution >= 4 is 23.3 Å². The van der Waals surface area contributed by atoms with Gasteiger partial charge < -0.3 is 9.47 Å². The SMILES string of the molecule is CCOC(=O)c1cccc(-c2cc(-c3nn[nH]n3)c(-c3cccc(C(=O)OCC)c3)s2)c1. The summed E-state index contributed by atoms with van der Waals surface area (Å²) in [5, 5.41) is 14.4. The van der Waals surface area contributed by atoms with Crippen LogP contribution in [0, 0.1) is 0 Å². The van der Waals surface area contributed by atoms with E-state index in [1.807, 2.05) is 30.3 Å². The van der Waals surface area contributed by atoms with Crippen LogP contribution in [-0.4, -0.2) is 45.8 Å². The van der Waals surface area contributed by atoms with Crippen LogP contribution in [0.15, 0.2) is 54.6 Å². The van der Waals surface area contributed by atoms with Crippen molar-refractivity contribution in [2.24, 2.45) is 0 Å². The van der Waals surface area contributed by atoms with Crippen molar-refractivity contribution in [2.75, 3.05) is 13.2 Å². The first kappa shape index (κ1) is 21.4. The third kappa shape index (κ3) is 4.42. The number of aromatic amines is 1. The number of thiophene rings is 1. The first-order valence-corrected chi connectivity index (χ1v) is 10.8. The number of carbonyl (C=O) groups is 2. The molecule has 0 saturated heterocycles. The molecule has 0 aliphatic carbocycles. The fourth-order valence-electron chi connectivity index (χ4n) is 3.21. The number of hydrogen-bond acceptors (Lipinski definition) is 8. The highest BCUT2D eigenvalue weighted by molar-refractivity contribution is 7.19. The quantitative estimate of drug-likeness (QED) is 0.411. The molecule has 32 heavy (non-hydrogen) atoms. The van der Waals surface area contributed by atoms with Gasteiger partial charge in [-0.25, -0.2) is 9.59 Å². The molecule has 0 radical (unpaired) electrons. The van der Waals surface area contributed by atoms with Gasteiger partial charge in [0.2, 0.25) is 5.82 Å². The number of nitrogens with one attached hydrogen (secondary N) is 1. The number of tetrazole rings is 1. The minimum Gasteiger partial charge on any atom is -0.462 e. The zero-order valence-electron chi connectivity index (χ0n) is 17.5. The van der Waals surface area contributed by atoms with Gasteiger partial charge in [-0.2, -0.15) is 5.21 Å². The topological polar surface area (TPSA) is 107 Å². The van der Waals surface area contributed by atoms with E-state index in [0.717, 1.165) is 26.4 Å². The summed E-state index contributed by atoms with van der Waals surface area (Å²) < 4.78 is 10.3. The molecule has 0 atom stereocenters. The largest absolute Gasteiger partial charge is 0.462 e. The standard InChI is InChI=1S/C23H20N4O4S/c1-3-30-22(28)16-9-5-7-14(11-16)19-13-18(21-24-26-27-25-21)20(32-19)15-8-6-10-17(12-15)23(29)31-4-2/h5-13H,3-4H2,1-2H3,(H,24,25,26,27). The fourth-order valence-corrected chi connectivity index (χ4v) is 4.35. The number of H-pyrrole nitrogens is 1. The van der Waals surface area contributed by atoms with Crippen LogP contribution in [0.3, 0.4) is 0 Å². The lowest BCUT2D eigenvalue weighted by molar-refractivity contribution is 0.0517. The third-order valence-electron chi connectivity index (χ3n) is 4.61. The maximum atomic E-state index is 12.2. The minimum absolute atomic E-state index is 0.303. The maximum Gasteiger partial charge on any atom is 0.338 e. The van der Waals surface area contributed by atoms with Crippen LogP contribution < -0.4 is 0 Å². The number of benzene rings is 2. The number of rotatable bonds is 7. The zero-order valence-corrected chi connectivity index (χ0v) is 18.3. The smallest absolute Gasteiger partial charge is 0.338 e. The number of hydrogen-bond donors (Lipinski definition) is 1. The van der Waals surface area contributed by atoms with E-state index in [1.54, 1.807) is 38.1 Å². The molecule has 0 fully saturated rings. The first-order chi connectivity index (χ1) is 15.6. The highest BCUT2D eigenvalue weighted by atomic mass is 32.1. The van der Waals surface area contributed by atoms with E-state index < -0.39 is 0 Å². The van der Waals surface area contributed by atoms with Crippen LogP contribution in [0.25, 0.3) is 32.3 Å².